The number of ketones is 1. The number of hydrogen-bond acceptors (Lipinski definition) is 4. The largest absolute Gasteiger partial charge is 0.492 e. The second kappa shape index (κ2) is 6.78. The fourth-order valence-electron chi connectivity index (χ4n) is 2.52. The highest BCUT2D eigenvalue weighted by molar-refractivity contribution is 5.98. The van der Waals surface area contributed by atoms with E-state index in [1.54, 1.807) is 0 Å². The molecule has 0 amide bonds. The number of hydrogen-bond donors (Lipinski definition) is 0. The van der Waals surface area contributed by atoms with Gasteiger partial charge >= 0.3 is 5.97 Å². The summed E-state index contributed by atoms with van der Waals surface area (Å²) in [7, 11) is 0. The number of carbonyl (C=O) groups excluding carboxylic acids is 2. The van der Waals surface area contributed by atoms with Gasteiger partial charge < -0.3 is 9.47 Å². The highest BCUT2D eigenvalue weighted by Crippen LogP contribution is 2.27. The first-order valence-electron chi connectivity index (χ1n) is 7.40. The monoisotopic (exact) mass is 332 g/mol. The van der Waals surface area contributed by atoms with E-state index in [-0.39, 0.29) is 6.61 Å². The van der Waals surface area contributed by atoms with Crippen molar-refractivity contribution in [3.8, 4) is 5.75 Å². The molecule has 1 aliphatic heterocycles. The summed E-state index contributed by atoms with van der Waals surface area (Å²) in [6.07, 6.45) is 0.442. The Bertz CT molecular complexity index is 788. The van der Waals surface area contributed by atoms with E-state index >= 15 is 0 Å². The zero-order chi connectivity index (χ0) is 17.1. The van der Waals surface area contributed by atoms with Gasteiger partial charge in [0.25, 0.3) is 0 Å². The summed E-state index contributed by atoms with van der Waals surface area (Å²) in [6, 6.07) is 9.89. The first kappa shape index (κ1) is 16.1. The first-order chi connectivity index (χ1) is 11.5. The van der Waals surface area contributed by atoms with Crippen LogP contribution in [-0.2, 0) is 16.0 Å². The first-order valence-corrected chi connectivity index (χ1v) is 7.40. The lowest BCUT2D eigenvalue weighted by atomic mass is 9.97. The summed E-state index contributed by atoms with van der Waals surface area (Å²) in [4.78, 5) is 24.0. The minimum Gasteiger partial charge on any atom is -0.492 e. The van der Waals surface area contributed by atoms with E-state index < -0.39 is 41.5 Å². The Morgan fingerprint density at radius 3 is 2.79 bits per heavy atom. The van der Waals surface area contributed by atoms with Crippen LogP contribution in [0.4, 0.5) is 8.78 Å². The Hall–Kier alpha value is -2.76. The number of para-hydroxylation sites is 1. The van der Waals surface area contributed by atoms with Crippen molar-refractivity contribution in [2.24, 2.45) is 5.92 Å². The summed E-state index contributed by atoms with van der Waals surface area (Å²) >= 11 is 0. The lowest BCUT2D eigenvalue weighted by molar-refractivity contribution is -0.148. The average molecular weight is 332 g/mol. The van der Waals surface area contributed by atoms with Crippen LogP contribution in [-0.4, -0.2) is 25.0 Å². The number of Topliss-reactive ketones (excluding diaryl/α,β-unsaturated/α-hetero) is 1. The third-order valence-electron chi connectivity index (χ3n) is 3.79. The van der Waals surface area contributed by atoms with Crippen LogP contribution >= 0.6 is 0 Å². The molecule has 124 valence electrons. The molecule has 0 aliphatic carbocycles. The summed E-state index contributed by atoms with van der Waals surface area (Å²) in [5.74, 6) is -2.80. The second-order valence-electron chi connectivity index (χ2n) is 5.47. The third-order valence-corrected chi connectivity index (χ3v) is 3.79. The van der Waals surface area contributed by atoms with Crippen LogP contribution in [0.5, 0.6) is 5.75 Å². The van der Waals surface area contributed by atoms with Crippen molar-refractivity contribution in [1.29, 1.82) is 0 Å². The molecule has 0 bridgehead atoms. The Morgan fingerprint density at radius 1 is 1.17 bits per heavy atom. The summed E-state index contributed by atoms with van der Waals surface area (Å²) in [5.41, 5.74) is 0.446. The Balaban J connectivity index is 1.60. The van der Waals surface area contributed by atoms with Gasteiger partial charge in [0.05, 0.1) is 11.5 Å². The zero-order valence-electron chi connectivity index (χ0n) is 12.6. The molecule has 0 radical (unpaired) electrons. The standard InChI is InChI=1S/C18H14F2O4/c19-13-5-6-15(20)14(8-13)16(21)10-24-18(22)12-7-11-3-1-2-4-17(11)23-9-12/h1-6,8,12H,7,9-10H2. The van der Waals surface area contributed by atoms with Gasteiger partial charge in [-0.05, 0) is 36.2 Å². The average Bonchev–Trinajstić information content (AvgIpc) is 2.61. The number of rotatable bonds is 4. The number of halogens is 2. The van der Waals surface area contributed by atoms with Gasteiger partial charge in [-0.2, -0.15) is 0 Å². The van der Waals surface area contributed by atoms with Crippen molar-refractivity contribution in [2.75, 3.05) is 13.2 Å². The Labute approximate surface area is 137 Å². The highest BCUT2D eigenvalue weighted by atomic mass is 19.1. The molecule has 6 heteroatoms. The van der Waals surface area contributed by atoms with Crippen LogP contribution in [0.2, 0.25) is 0 Å². The molecule has 1 heterocycles. The zero-order valence-corrected chi connectivity index (χ0v) is 12.6. The number of esters is 1. The summed E-state index contributed by atoms with van der Waals surface area (Å²) < 4.78 is 37.0. The molecule has 0 N–H and O–H groups in total. The summed E-state index contributed by atoms with van der Waals surface area (Å²) in [6.45, 7) is -0.490. The second-order valence-corrected chi connectivity index (χ2v) is 5.47. The Kier molecular flexibility index (Phi) is 4.55. The number of ether oxygens (including phenoxy) is 2. The molecular weight excluding hydrogens is 318 g/mol. The van der Waals surface area contributed by atoms with Crippen LogP contribution in [0.1, 0.15) is 15.9 Å². The topological polar surface area (TPSA) is 52.6 Å². The smallest absolute Gasteiger partial charge is 0.313 e. The summed E-state index contributed by atoms with van der Waals surface area (Å²) in [5, 5.41) is 0. The number of benzene rings is 2. The van der Waals surface area contributed by atoms with E-state index in [4.69, 9.17) is 9.47 Å². The van der Waals surface area contributed by atoms with E-state index in [1.807, 2.05) is 24.3 Å². The molecule has 3 rings (SSSR count). The minimum absolute atomic E-state index is 0.151. The molecule has 1 atom stereocenters. The van der Waals surface area contributed by atoms with Crippen molar-refractivity contribution in [3.63, 3.8) is 0 Å². The normalized spacial score (nSPS) is 16.0. The molecule has 1 aliphatic rings. The van der Waals surface area contributed by atoms with Gasteiger partial charge in [0.1, 0.15) is 24.0 Å². The van der Waals surface area contributed by atoms with Crippen molar-refractivity contribution in [3.05, 3.63) is 65.2 Å². The molecule has 2 aromatic rings. The van der Waals surface area contributed by atoms with Crippen molar-refractivity contribution in [1.82, 2.24) is 0 Å². The molecule has 4 nitrogen and oxygen atoms in total. The molecule has 0 saturated carbocycles. The van der Waals surface area contributed by atoms with Gasteiger partial charge in [-0.3, -0.25) is 9.59 Å². The number of carbonyl (C=O) groups is 2. The quantitative estimate of drug-likeness (QED) is 0.638. The fourth-order valence-corrected chi connectivity index (χ4v) is 2.52. The van der Waals surface area contributed by atoms with Gasteiger partial charge in [-0.25, -0.2) is 8.78 Å². The maximum atomic E-state index is 13.5. The molecule has 24 heavy (non-hydrogen) atoms. The maximum absolute atomic E-state index is 13.5. The van der Waals surface area contributed by atoms with E-state index in [0.717, 1.165) is 29.5 Å². The highest BCUT2D eigenvalue weighted by Gasteiger charge is 2.28. The Morgan fingerprint density at radius 2 is 1.96 bits per heavy atom. The molecule has 0 fully saturated rings. The molecule has 1 unspecified atom stereocenters. The van der Waals surface area contributed by atoms with Gasteiger partial charge in [0, 0.05) is 0 Å². The molecule has 0 spiro atoms. The minimum atomic E-state index is -0.854. The van der Waals surface area contributed by atoms with Gasteiger partial charge in [0.15, 0.2) is 6.61 Å². The van der Waals surface area contributed by atoms with Crippen molar-refractivity contribution in [2.45, 2.75) is 6.42 Å². The molecule has 0 aromatic heterocycles. The number of fused-ring (bicyclic) bond motifs is 1. The molecule has 0 saturated heterocycles. The predicted octanol–water partition coefficient (Wildman–Crippen LogP) is 2.94. The van der Waals surface area contributed by atoms with Gasteiger partial charge in [-0.1, -0.05) is 18.2 Å². The van der Waals surface area contributed by atoms with Crippen molar-refractivity contribution < 1.29 is 27.8 Å². The van der Waals surface area contributed by atoms with Crippen LogP contribution in [0, 0.1) is 17.6 Å². The van der Waals surface area contributed by atoms with Crippen LogP contribution in [0.3, 0.4) is 0 Å². The fraction of sp³-hybridized carbons (Fsp3) is 0.222. The molecule has 2 aromatic carbocycles. The van der Waals surface area contributed by atoms with Crippen LogP contribution < -0.4 is 4.74 Å². The van der Waals surface area contributed by atoms with E-state index in [0.29, 0.717) is 6.42 Å². The SMILES string of the molecule is O=C(COC(=O)C1COc2ccccc2C1)c1cc(F)ccc1F. The maximum Gasteiger partial charge on any atom is 0.313 e. The van der Waals surface area contributed by atoms with Crippen molar-refractivity contribution >= 4 is 11.8 Å². The third kappa shape index (κ3) is 3.42. The van der Waals surface area contributed by atoms with E-state index in [1.165, 1.54) is 0 Å². The predicted molar refractivity (Wildman–Crippen MR) is 80.8 cm³/mol. The lowest BCUT2D eigenvalue weighted by Crippen LogP contribution is -2.31. The lowest BCUT2D eigenvalue weighted by Gasteiger charge is -2.23. The van der Waals surface area contributed by atoms with Gasteiger partial charge in [0.2, 0.25) is 5.78 Å². The molecular formula is C18H14F2O4. The van der Waals surface area contributed by atoms with E-state index in [9.17, 15) is 18.4 Å². The van der Waals surface area contributed by atoms with Crippen LogP contribution in [0.25, 0.3) is 0 Å². The van der Waals surface area contributed by atoms with Crippen LogP contribution in [0.15, 0.2) is 42.5 Å². The van der Waals surface area contributed by atoms with Gasteiger partial charge in [-0.15, -0.1) is 0 Å². The van der Waals surface area contributed by atoms with E-state index in [2.05, 4.69) is 0 Å².